The summed E-state index contributed by atoms with van der Waals surface area (Å²) in [6.45, 7) is 6.78. The monoisotopic (exact) mass is 359 g/mol. The van der Waals surface area contributed by atoms with Gasteiger partial charge in [0.1, 0.15) is 12.6 Å². The van der Waals surface area contributed by atoms with Crippen LogP contribution in [0.1, 0.15) is 32.4 Å². The Kier molecular flexibility index (Phi) is 5.00. The highest BCUT2D eigenvalue weighted by molar-refractivity contribution is 6.04. The zero-order valence-corrected chi connectivity index (χ0v) is 15.4. The van der Waals surface area contributed by atoms with Crippen molar-refractivity contribution in [2.24, 2.45) is 5.41 Å². The van der Waals surface area contributed by atoms with E-state index in [2.05, 4.69) is 26.1 Å². The standard InChI is InChI=1S/C19H25N3O4/c1-19(2,3)15-11-21(10-14(26-15)13-7-5-4-6-8-13)17(24)12-22-16(23)9-20-18(22)25/h4-8,14-15H,9-12H2,1-3H3,(H,20,25)/t14-,15+/m0/s1. The lowest BCUT2D eigenvalue weighted by Crippen LogP contribution is -2.53. The van der Waals surface area contributed by atoms with Crippen LogP contribution in [0.15, 0.2) is 30.3 Å². The summed E-state index contributed by atoms with van der Waals surface area (Å²) in [5, 5.41) is 2.44. The van der Waals surface area contributed by atoms with Gasteiger partial charge in [0.2, 0.25) is 5.91 Å². The fourth-order valence-electron chi connectivity index (χ4n) is 3.14. The van der Waals surface area contributed by atoms with E-state index >= 15 is 0 Å². The average molecular weight is 359 g/mol. The number of ether oxygens (including phenoxy) is 1. The number of hydrogen-bond acceptors (Lipinski definition) is 4. The first kappa shape index (κ1) is 18.4. The molecule has 2 fully saturated rings. The van der Waals surface area contributed by atoms with Gasteiger partial charge >= 0.3 is 6.03 Å². The Labute approximate surface area is 153 Å². The second-order valence-corrected chi connectivity index (χ2v) is 7.83. The molecule has 2 aliphatic rings. The Morgan fingerprint density at radius 3 is 2.46 bits per heavy atom. The molecule has 2 heterocycles. The van der Waals surface area contributed by atoms with Crippen molar-refractivity contribution in [3.8, 4) is 0 Å². The molecule has 1 N–H and O–H groups in total. The zero-order valence-electron chi connectivity index (χ0n) is 15.4. The first-order valence-electron chi connectivity index (χ1n) is 8.82. The number of nitrogens with one attached hydrogen (secondary N) is 1. The summed E-state index contributed by atoms with van der Waals surface area (Å²) in [4.78, 5) is 38.9. The van der Waals surface area contributed by atoms with Crippen LogP contribution in [0.2, 0.25) is 0 Å². The van der Waals surface area contributed by atoms with Crippen LogP contribution in [-0.2, 0) is 14.3 Å². The molecule has 0 bridgehead atoms. The van der Waals surface area contributed by atoms with E-state index in [-0.39, 0.29) is 42.5 Å². The fraction of sp³-hybridized carbons (Fsp3) is 0.526. The van der Waals surface area contributed by atoms with Gasteiger partial charge in [0.25, 0.3) is 5.91 Å². The van der Waals surface area contributed by atoms with Crippen LogP contribution in [0.5, 0.6) is 0 Å². The van der Waals surface area contributed by atoms with Crippen molar-refractivity contribution in [1.82, 2.24) is 15.1 Å². The van der Waals surface area contributed by atoms with E-state index in [0.717, 1.165) is 10.5 Å². The van der Waals surface area contributed by atoms with E-state index in [1.807, 2.05) is 30.3 Å². The van der Waals surface area contributed by atoms with Crippen LogP contribution in [0.25, 0.3) is 0 Å². The van der Waals surface area contributed by atoms with Crippen LogP contribution < -0.4 is 5.32 Å². The molecular formula is C19H25N3O4. The van der Waals surface area contributed by atoms with Crippen LogP contribution in [0.4, 0.5) is 4.79 Å². The molecule has 0 aliphatic carbocycles. The second kappa shape index (κ2) is 7.07. The maximum absolute atomic E-state index is 12.8. The Bertz CT molecular complexity index is 682. The number of nitrogens with zero attached hydrogens (tertiary/aromatic N) is 2. The van der Waals surface area contributed by atoms with Crippen LogP contribution >= 0.6 is 0 Å². The maximum Gasteiger partial charge on any atom is 0.325 e. The van der Waals surface area contributed by atoms with E-state index in [4.69, 9.17) is 4.74 Å². The summed E-state index contributed by atoms with van der Waals surface area (Å²) in [7, 11) is 0. The number of imide groups is 1. The van der Waals surface area contributed by atoms with Gasteiger partial charge in [-0.25, -0.2) is 4.79 Å². The molecule has 0 saturated carbocycles. The van der Waals surface area contributed by atoms with Gasteiger partial charge in [0.15, 0.2) is 0 Å². The SMILES string of the molecule is CC(C)(C)[C@H]1CN(C(=O)CN2C(=O)CNC2=O)C[C@@H](c2ccccc2)O1. The first-order chi connectivity index (χ1) is 12.3. The van der Waals surface area contributed by atoms with E-state index in [1.165, 1.54) is 0 Å². The quantitative estimate of drug-likeness (QED) is 0.831. The van der Waals surface area contributed by atoms with Crippen molar-refractivity contribution in [3.63, 3.8) is 0 Å². The molecule has 0 unspecified atom stereocenters. The number of morpholine rings is 1. The van der Waals surface area contributed by atoms with Crippen molar-refractivity contribution < 1.29 is 19.1 Å². The van der Waals surface area contributed by atoms with Gasteiger partial charge in [0.05, 0.1) is 19.2 Å². The Balaban J connectivity index is 1.77. The summed E-state index contributed by atoms with van der Waals surface area (Å²) in [5.74, 6) is -0.613. The molecule has 0 spiro atoms. The first-order valence-corrected chi connectivity index (χ1v) is 8.82. The third-order valence-corrected chi connectivity index (χ3v) is 4.82. The third-order valence-electron chi connectivity index (χ3n) is 4.82. The van der Waals surface area contributed by atoms with Gasteiger partial charge in [-0.1, -0.05) is 51.1 Å². The topological polar surface area (TPSA) is 79.0 Å². The van der Waals surface area contributed by atoms with Crippen LogP contribution in [0, 0.1) is 5.41 Å². The number of carbonyl (C=O) groups excluding carboxylic acids is 3. The number of carbonyl (C=O) groups is 3. The summed E-state index contributed by atoms with van der Waals surface area (Å²) in [6, 6.07) is 9.28. The molecule has 2 saturated heterocycles. The predicted molar refractivity (Wildman–Crippen MR) is 95.2 cm³/mol. The lowest BCUT2D eigenvalue weighted by atomic mass is 9.87. The predicted octanol–water partition coefficient (Wildman–Crippen LogP) is 1.55. The van der Waals surface area contributed by atoms with Gasteiger partial charge in [-0.05, 0) is 11.0 Å². The summed E-state index contributed by atoms with van der Waals surface area (Å²) >= 11 is 0. The molecule has 4 amide bonds. The van der Waals surface area contributed by atoms with E-state index in [1.54, 1.807) is 4.90 Å². The van der Waals surface area contributed by atoms with Gasteiger partial charge in [-0.15, -0.1) is 0 Å². The van der Waals surface area contributed by atoms with E-state index in [0.29, 0.717) is 13.1 Å². The largest absolute Gasteiger partial charge is 0.366 e. The van der Waals surface area contributed by atoms with Gasteiger partial charge in [-0.2, -0.15) is 0 Å². The van der Waals surface area contributed by atoms with E-state index < -0.39 is 6.03 Å². The fourth-order valence-corrected chi connectivity index (χ4v) is 3.14. The molecule has 26 heavy (non-hydrogen) atoms. The number of amides is 4. The number of urea groups is 1. The molecule has 0 radical (unpaired) electrons. The molecule has 2 aliphatic heterocycles. The average Bonchev–Trinajstić information content (AvgIpc) is 2.93. The number of hydrogen-bond donors (Lipinski definition) is 1. The smallest absolute Gasteiger partial charge is 0.325 e. The minimum atomic E-state index is -0.511. The minimum Gasteiger partial charge on any atom is -0.366 e. The van der Waals surface area contributed by atoms with Crippen molar-refractivity contribution in [3.05, 3.63) is 35.9 Å². The highest BCUT2D eigenvalue weighted by atomic mass is 16.5. The van der Waals surface area contributed by atoms with Crippen LogP contribution in [-0.4, -0.2) is 59.9 Å². The molecule has 1 aromatic rings. The molecule has 2 atom stereocenters. The Morgan fingerprint density at radius 1 is 1.19 bits per heavy atom. The number of rotatable bonds is 3. The highest BCUT2D eigenvalue weighted by Gasteiger charge is 2.39. The molecule has 3 rings (SSSR count). The van der Waals surface area contributed by atoms with Gasteiger partial charge in [0, 0.05) is 6.54 Å². The number of benzene rings is 1. The lowest BCUT2D eigenvalue weighted by molar-refractivity contribution is -0.158. The summed E-state index contributed by atoms with van der Waals surface area (Å²) < 4.78 is 6.28. The Morgan fingerprint density at radius 2 is 1.88 bits per heavy atom. The second-order valence-electron chi connectivity index (χ2n) is 7.83. The molecule has 7 heteroatoms. The summed E-state index contributed by atoms with van der Waals surface area (Å²) in [5.41, 5.74) is 0.863. The van der Waals surface area contributed by atoms with Crippen LogP contribution in [0.3, 0.4) is 0 Å². The molecule has 140 valence electrons. The van der Waals surface area contributed by atoms with E-state index in [9.17, 15) is 14.4 Å². The van der Waals surface area contributed by atoms with Crippen molar-refractivity contribution >= 4 is 17.8 Å². The van der Waals surface area contributed by atoms with Crippen molar-refractivity contribution in [2.45, 2.75) is 33.0 Å². The zero-order chi connectivity index (χ0) is 18.9. The summed E-state index contributed by atoms with van der Waals surface area (Å²) in [6.07, 6.45) is -0.380. The molecule has 7 nitrogen and oxygen atoms in total. The molecular weight excluding hydrogens is 334 g/mol. The molecule has 0 aromatic heterocycles. The van der Waals surface area contributed by atoms with Gasteiger partial charge < -0.3 is 15.0 Å². The Hall–Kier alpha value is -2.41. The van der Waals surface area contributed by atoms with Crippen molar-refractivity contribution in [2.75, 3.05) is 26.2 Å². The third kappa shape index (κ3) is 3.88. The minimum absolute atomic E-state index is 0.0491. The maximum atomic E-state index is 12.8. The highest BCUT2D eigenvalue weighted by Crippen LogP contribution is 2.33. The molecule has 1 aromatic carbocycles. The van der Waals surface area contributed by atoms with Crippen molar-refractivity contribution in [1.29, 1.82) is 0 Å². The lowest BCUT2D eigenvalue weighted by Gasteiger charge is -2.43. The normalized spacial score (nSPS) is 24.0. The van der Waals surface area contributed by atoms with Gasteiger partial charge in [-0.3, -0.25) is 14.5 Å².